The molecule has 4 heteroatoms. The van der Waals surface area contributed by atoms with Crippen LogP contribution in [0.3, 0.4) is 0 Å². The molecule has 3 rings (SSSR count). The molecule has 160 valence electrons. The Kier molecular flexibility index (Phi) is 10.4. The van der Waals surface area contributed by atoms with E-state index in [4.69, 9.17) is 9.47 Å². The van der Waals surface area contributed by atoms with E-state index in [1.54, 1.807) is 0 Å². The lowest BCUT2D eigenvalue weighted by atomic mass is 10.1. The summed E-state index contributed by atoms with van der Waals surface area (Å²) in [5.41, 5.74) is 0.377. The van der Waals surface area contributed by atoms with Crippen molar-refractivity contribution in [3.63, 3.8) is 0 Å². The van der Waals surface area contributed by atoms with Gasteiger partial charge < -0.3 is 9.47 Å². The quantitative estimate of drug-likeness (QED) is 0.202. The predicted molar refractivity (Wildman–Crippen MR) is 125 cm³/mol. The summed E-state index contributed by atoms with van der Waals surface area (Å²) in [5.74, 6) is 0. The normalized spacial score (nSPS) is 31.3. The first kappa shape index (κ1) is 22.6. The van der Waals surface area contributed by atoms with Crippen LogP contribution in [0.5, 0.6) is 0 Å². The van der Waals surface area contributed by atoms with E-state index < -0.39 is 0 Å². The summed E-state index contributed by atoms with van der Waals surface area (Å²) in [4.78, 5) is 0. The van der Waals surface area contributed by atoms with Crippen LogP contribution < -0.4 is 5.32 Å². The number of ether oxygens (including phenoxy) is 2. The molecule has 5 unspecified atom stereocenters. The molecule has 0 saturated carbocycles. The van der Waals surface area contributed by atoms with Gasteiger partial charge in [-0.1, -0.05) is 74.1 Å². The number of rotatable bonds is 14. The third kappa shape index (κ3) is 9.08. The van der Waals surface area contributed by atoms with E-state index in [0.717, 1.165) is 32.1 Å². The molecule has 3 fully saturated rings. The zero-order chi connectivity index (χ0) is 20.2. The fourth-order valence-electron chi connectivity index (χ4n) is 3.48. The average molecular weight is 416 g/mol. The third-order valence-electron chi connectivity index (χ3n) is 5.25. The molecule has 3 aliphatic heterocycles. The molecule has 3 saturated heterocycles. The van der Waals surface area contributed by atoms with Crippen LogP contribution in [-0.2, 0) is 9.47 Å². The molecule has 0 spiro atoms. The molecule has 0 aliphatic carbocycles. The van der Waals surface area contributed by atoms with Gasteiger partial charge in [-0.05, 0) is 51.4 Å². The Morgan fingerprint density at radius 2 is 1.34 bits per heavy atom. The highest BCUT2D eigenvalue weighted by Crippen LogP contribution is 2.46. The predicted octanol–water partition coefficient (Wildman–Crippen LogP) is 6.41. The fourth-order valence-corrected chi connectivity index (χ4v) is 4.90. The number of nitrogens with one attached hydrogen (secondary N) is 1. The molecule has 1 N–H and O–H groups in total. The Labute approximate surface area is 181 Å². The zero-order valence-corrected chi connectivity index (χ0v) is 18.6. The highest BCUT2D eigenvalue weighted by atomic mass is 32.2. The number of hydrogen-bond donors (Lipinski definition) is 1. The van der Waals surface area contributed by atoms with Gasteiger partial charge in [-0.25, -0.2) is 0 Å². The highest BCUT2D eigenvalue weighted by molar-refractivity contribution is 8.00. The number of fused-ring (bicyclic) bond motifs is 2. The van der Waals surface area contributed by atoms with Crippen LogP contribution in [0.15, 0.2) is 60.8 Å². The van der Waals surface area contributed by atoms with Gasteiger partial charge in [-0.15, -0.1) is 11.8 Å². The van der Waals surface area contributed by atoms with Gasteiger partial charge in [0, 0.05) is 5.25 Å². The van der Waals surface area contributed by atoms with Crippen LogP contribution in [0.4, 0.5) is 0 Å². The summed E-state index contributed by atoms with van der Waals surface area (Å²) in [6, 6.07) is 0. The smallest absolute Gasteiger partial charge is 0.147 e. The number of thioether (sulfide) groups is 1. The minimum absolute atomic E-state index is 0.251. The van der Waals surface area contributed by atoms with Crippen molar-refractivity contribution >= 4 is 11.8 Å². The average Bonchev–Trinajstić information content (AvgIpc) is 3.63. The van der Waals surface area contributed by atoms with Crippen molar-refractivity contribution in [3.8, 4) is 0 Å². The topological polar surface area (TPSA) is 37.1 Å². The molecule has 3 aliphatic rings. The number of allylic oxidation sites excluding steroid dienone is 10. The Morgan fingerprint density at radius 3 is 2.00 bits per heavy atom. The minimum Gasteiger partial charge on any atom is -0.352 e. The Morgan fingerprint density at radius 1 is 0.724 bits per heavy atom. The molecule has 29 heavy (non-hydrogen) atoms. The van der Waals surface area contributed by atoms with Crippen molar-refractivity contribution < 1.29 is 9.47 Å². The maximum Gasteiger partial charge on any atom is 0.147 e. The number of epoxide rings is 2. The molecule has 0 bridgehead atoms. The Bertz CT molecular complexity index is 610. The van der Waals surface area contributed by atoms with Gasteiger partial charge in [0.05, 0.1) is 0 Å². The lowest BCUT2D eigenvalue weighted by Gasteiger charge is -2.11. The van der Waals surface area contributed by atoms with Crippen molar-refractivity contribution in [2.45, 2.75) is 94.0 Å². The Hall–Kier alpha value is -1.07. The van der Waals surface area contributed by atoms with E-state index in [-0.39, 0.29) is 12.5 Å². The van der Waals surface area contributed by atoms with E-state index >= 15 is 0 Å². The summed E-state index contributed by atoms with van der Waals surface area (Å²) in [6.07, 6.45) is 33.7. The second-order valence-electron chi connectivity index (χ2n) is 7.78. The van der Waals surface area contributed by atoms with Crippen LogP contribution in [0.25, 0.3) is 0 Å². The molecule has 0 aromatic carbocycles. The first-order valence-corrected chi connectivity index (χ1v) is 12.3. The van der Waals surface area contributed by atoms with Gasteiger partial charge in [0.2, 0.25) is 0 Å². The van der Waals surface area contributed by atoms with Gasteiger partial charge in [0.25, 0.3) is 0 Å². The van der Waals surface area contributed by atoms with Crippen LogP contribution in [0.2, 0.25) is 0 Å². The fraction of sp³-hybridized carbons (Fsp3) is 0.600. The second-order valence-corrected chi connectivity index (χ2v) is 9.12. The molecule has 0 aromatic rings. The maximum atomic E-state index is 5.71. The Balaban J connectivity index is 1.12. The van der Waals surface area contributed by atoms with Gasteiger partial charge in [-0.3, -0.25) is 5.32 Å². The lowest BCUT2D eigenvalue weighted by molar-refractivity contribution is 0.299. The number of unbranched alkanes of at least 4 members (excludes halogenated alkanes) is 2. The summed E-state index contributed by atoms with van der Waals surface area (Å²) >= 11 is 1.97. The summed E-state index contributed by atoms with van der Waals surface area (Å²) in [6.45, 7) is 2.17. The number of hydrogen-bond acceptors (Lipinski definition) is 4. The summed E-state index contributed by atoms with van der Waals surface area (Å²) < 4.78 is 11.3. The van der Waals surface area contributed by atoms with Crippen molar-refractivity contribution in [2.75, 3.05) is 0 Å². The first-order valence-electron chi connectivity index (χ1n) is 11.4. The second kappa shape index (κ2) is 13.3. The molecule has 0 radical (unpaired) electrons. The molecular formula is C25H37NO2S. The highest BCUT2D eigenvalue weighted by Gasteiger charge is 2.56. The van der Waals surface area contributed by atoms with Gasteiger partial charge >= 0.3 is 0 Å². The van der Waals surface area contributed by atoms with Crippen molar-refractivity contribution in [1.82, 2.24) is 5.32 Å². The van der Waals surface area contributed by atoms with Crippen molar-refractivity contribution in [3.05, 3.63) is 60.8 Å². The van der Waals surface area contributed by atoms with Crippen molar-refractivity contribution in [2.24, 2.45) is 0 Å². The van der Waals surface area contributed by atoms with E-state index in [0.29, 0.717) is 16.8 Å². The summed E-state index contributed by atoms with van der Waals surface area (Å²) in [5, 5.41) is 4.00. The minimum atomic E-state index is 0.251. The van der Waals surface area contributed by atoms with Gasteiger partial charge in [0.1, 0.15) is 24.0 Å². The maximum absolute atomic E-state index is 5.71. The first-order chi connectivity index (χ1) is 14.4. The van der Waals surface area contributed by atoms with E-state index in [2.05, 4.69) is 73.0 Å². The van der Waals surface area contributed by atoms with Crippen LogP contribution in [0, 0.1) is 0 Å². The monoisotopic (exact) mass is 415 g/mol. The van der Waals surface area contributed by atoms with E-state index in [1.165, 1.54) is 25.7 Å². The lowest BCUT2D eigenvalue weighted by Crippen LogP contribution is -2.24. The molecule has 0 aromatic heterocycles. The zero-order valence-electron chi connectivity index (χ0n) is 17.7. The SMILES string of the molecule is CCC=CCC=CCC=CCC=CCC=CCCCCC1SC2OC2NC2OC21. The standard InChI is InChI=1S/C25H37NO2S/c1-2-3-4-5-6-7-8-9-10-11-12-13-14-15-16-17-18-19-20-21-22-23(27-22)26-24-25(28-24)29-21/h3-4,6-7,9-10,12-13,15-16,21-26H,2,5,8,11,14,17-20H2,1H3. The molecule has 3 nitrogen and oxygen atoms in total. The largest absolute Gasteiger partial charge is 0.352 e. The molecule has 5 atom stereocenters. The van der Waals surface area contributed by atoms with Crippen molar-refractivity contribution in [1.29, 1.82) is 0 Å². The molecular weight excluding hydrogens is 378 g/mol. The summed E-state index contributed by atoms with van der Waals surface area (Å²) in [7, 11) is 0. The van der Waals surface area contributed by atoms with Crippen LogP contribution in [0.1, 0.15) is 64.7 Å². The van der Waals surface area contributed by atoms with Crippen LogP contribution >= 0.6 is 11.8 Å². The molecule has 0 amide bonds. The third-order valence-corrected chi connectivity index (χ3v) is 6.73. The van der Waals surface area contributed by atoms with E-state index in [1.807, 2.05) is 11.8 Å². The van der Waals surface area contributed by atoms with E-state index in [9.17, 15) is 0 Å². The van der Waals surface area contributed by atoms with Gasteiger partial charge in [0.15, 0.2) is 0 Å². The van der Waals surface area contributed by atoms with Crippen LogP contribution in [-0.4, -0.2) is 29.2 Å². The molecule has 3 heterocycles. The van der Waals surface area contributed by atoms with Gasteiger partial charge in [-0.2, -0.15) is 0 Å².